The maximum absolute atomic E-state index is 11.0. The molecule has 0 aliphatic carbocycles. The van der Waals surface area contributed by atoms with Crippen molar-refractivity contribution in [1.82, 2.24) is 0 Å². The molecular formula is C4H7N6O4+. The molecule has 1 rings (SSSR count). The summed E-state index contributed by atoms with van der Waals surface area (Å²) in [5.74, 6) is -2.25. The molecule has 0 radical (unpaired) electrons. The van der Waals surface area contributed by atoms with Crippen LogP contribution >= 0.6 is 0 Å². The number of nitrogens with two attached hydrogens (primary N) is 3. The van der Waals surface area contributed by atoms with Gasteiger partial charge in [-0.15, -0.1) is 0 Å². The summed E-state index contributed by atoms with van der Waals surface area (Å²) in [6, 6.07) is 0. The van der Waals surface area contributed by atoms with Crippen molar-refractivity contribution >= 4 is 23.3 Å². The minimum Gasteiger partial charge on any atom is -0.706 e. The highest BCUT2D eigenvalue weighted by molar-refractivity contribution is 5.60. The summed E-state index contributed by atoms with van der Waals surface area (Å²) < 4.78 is -0.212. The van der Waals surface area contributed by atoms with Crippen LogP contribution < -0.4 is 26.7 Å². The minimum absolute atomic E-state index is 0.0124. The molecule has 10 heteroatoms. The van der Waals surface area contributed by atoms with Gasteiger partial charge in [0.2, 0.25) is 0 Å². The summed E-state index contributed by atoms with van der Waals surface area (Å²) in [5, 5.41) is 30.4. The first-order valence-electron chi connectivity index (χ1n) is 3.23. The van der Waals surface area contributed by atoms with Crippen LogP contribution in [0.4, 0.5) is 23.3 Å². The number of anilines is 3. The number of nitrogens with zero attached hydrogens (tertiary/aromatic N) is 3. The molecule has 0 aliphatic heterocycles. The van der Waals surface area contributed by atoms with Gasteiger partial charge in [-0.05, 0) is 0 Å². The first kappa shape index (κ1) is 9.57. The van der Waals surface area contributed by atoms with Crippen molar-refractivity contribution in [3.63, 3.8) is 0 Å². The molecule has 0 spiro atoms. The highest BCUT2D eigenvalue weighted by Gasteiger charge is 2.34. The number of nitrogen functional groups attached to an aromatic ring is 3. The Morgan fingerprint density at radius 3 is 2.21 bits per heavy atom. The normalized spacial score (nSPS) is 10.0. The summed E-state index contributed by atoms with van der Waals surface area (Å²) in [7, 11) is 0. The van der Waals surface area contributed by atoms with Crippen molar-refractivity contribution in [2.75, 3.05) is 17.2 Å². The van der Waals surface area contributed by atoms with Crippen molar-refractivity contribution < 1.29 is 19.6 Å². The van der Waals surface area contributed by atoms with E-state index < -0.39 is 28.2 Å². The quantitative estimate of drug-likeness (QED) is 0.128. The van der Waals surface area contributed by atoms with E-state index in [0.717, 1.165) is 0 Å². The van der Waals surface area contributed by atoms with Gasteiger partial charge >= 0.3 is 17.5 Å². The Hall–Kier alpha value is -2.52. The highest BCUT2D eigenvalue weighted by Crippen LogP contribution is 2.22. The van der Waals surface area contributed by atoms with Gasteiger partial charge in [-0.3, -0.25) is 15.8 Å². The van der Waals surface area contributed by atoms with Crippen LogP contribution in [0.5, 0.6) is 0 Å². The highest BCUT2D eigenvalue weighted by atomic mass is 16.6. The smallest absolute Gasteiger partial charge is 0.488 e. The Balaban J connectivity index is 3.68. The van der Waals surface area contributed by atoms with Crippen LogP contribution in [-0.2, 0) is 0 Å². The average molecular weight is 203 g/mol. The van der Waals surface area contributed by atoms with E-state index in [9.17, 15) is 15.3 Å². The van der Waals surface area contributed by atoms with E-state index >= 15 is 0 Å². The molecule has 0 aliphatic rings. The molecule has 0 fully saturated rings. The van der Waals surface area contributed by atoms with Crippen molar-refractivity contribution in [3.05, 3.63) is 15.3 Å². The van der Waals surface area contributed by atoms with Gasteiger partial charge in [0.15, 0.2) is 0 Å². The summed E-state index contributed by atoms with van der Waals surface area (Å²) in [5.41, 5.74) is 14.3. The standard InChI is InChI=1S/C4H6N6O4/c5-2-1(10(13)14)3(6)9(12)4(7)8(2)11/h11H,(H5,5,6,7)/p+1. The summed E-state index contributed by atoms with van der Waals surface area (Å²) in [6.45, 7) is 0. The van der Waals surface area contributed by atoms with Gasteiger partial charge in [0.25, 0.3) is 5.82 Å². The lowest BCUT2D eigenvalue weighted by Crippen LogP contribution is -2.51. The summed E-state index contributed by atoms with van der Waals surface area (Å²) in [6.07, 6.45) is 0. The molecule has 10 nitrogen and oxygen atoms in total. The molecule has 0 atom stereocenters. The van der Waals surface area contributed by atoms with Gasteiger partial charge in [0, 0.05) is 4.73 Å². The van der Waals surface area contributed by atoms with Crippen molar-refractivity contribution in [3.8, 4) is 0 Å². The average Bonchev–Trinajstić information content (AvgIpc) is 2.11. The third kappa shape index (κ3) is 1.05. The number of nitro groups is 1. The largest absolute Gasteiger partial charge is 0.706 e. The van der Waals surface area contributed by atoms with Crippen LogP contribution in [0.1, 0.15) is 0 Å². The molecule has 0 aromatic carbocycles. The van der Waals surface area contributed by atoms with Crippen LogP contribution in [0.25, 0.3) is 0 Å². The molecule has 0 unspecified atom stereocenters. The van der Waals surface area contributed by atoms with E-state index in [0.29, 0.717) is 0 Å². The third-order valence-electron chi connectivity index (χ3n) is 1.54. The van der Waals surface area contributed by atoms with Gasteiger partial charge in [-0.25, -0.2) is 5.73 Å². The fourth-order valence-corrected chi connectivity index (χ4v) is 0.848. The van der Waals surface area contributed by atoms with E-state index in [1.807, 2.05) is 0 Å². The Labute approximate surface area is 76.5 Å². The molecule has 0 bridgehead atoms. The Morgan fingerprint density at radius 1 is 1.29 bits per heavy atom. The number of rotatable bonds is 1. The maximum atomic E-state index is 11.0. The first-order chi connectivity index (χ1) is 6.37. The second-order valence-electron chi connectivity index (χ2n) is 2.34. The van der Waals surface area contributed by atoms with Crippen molar-refractivity contribution in [1.29, 1.82) is 0 Å². The molecular weight excluding hydrogens is 196 g/mol. The lowest BCUT2D eigenvalue weighted by atomic mass is 10.4. The second kappa shape index (κ2) is 2.76. The molecule has 0 saturated heterocycles. The molecule has 0 amide bonds. The Bertz CT molecular complexity index is 388. The molecule has 7 N–H and O–H groups in total. The van der Waals surface area contributed by atoms with E-state index in [2.05, 4.69) is 0 Å². The summed E-state index contributed by atoms with van der Waals surface area (Å²) in [4.78, 5) is 9.39. The zero-order valence-corrected chi connectivity index (χ0v) is 6.75. The van der Waals surface area contributed by atoms with Crippen LogP contribution in [0.3, 0.4) is 0 Å². The zero-order chi connectivity index (χ0) is 11.0. The van der Waals surface area contributed by atoms with Crippen LogP contribution in [0.2, 0.25) is 0 Å². The molecule has 14 heavy (non-hydrogen) atoms. The van der Waals surface area contributed by atoms with Crippen LogP contribution in [-0.4, -0.2) is 10.1 Å². The van der Waals surface area contributed by atoms with Gasteiger partial charge in [-0.1, -0.05) is 0 Å². The van der Waals surface area contributed by atoms with Gasteiger partial charge < -0.3 is 16.1 Å². The van der Waals surface area contributed by atoms with Gasteiger partial charge in [0.05, 0.1) is 4.92 Å². The SMILES string of the molecule is Nc1c([N+](=O)[O-])c(N)[n+](O)c(N)[n+]1[O-]. The monoisotopic (exact) mass is 203 g/mol. The van der Waals surface area contributed by atoms with Crippen LogP contribution in [0, 0.1) is 15.3 Å². The van der Waals surface area contributed by atoms with E-state index in [1.54, 1.807) is 0 Å². The fraction of sp³-hybridized carbons (Fsp3) is 0. The lowest BCUT2D eigenvalue weighted by Gasteiger charge is -2.06. The number of aromatic nitrogens is 2. The van der Waals surface area contributed by atoms with Crippen molar-refractivity contribution in [2.24, 2.45) is 0 Å². The van der Waals surface area contributed by atoms with Crippen molar-refractivity contribution in [2.45, 2.75) is 0 Å². The first-order valence-corrected chi connectivity index (χ1v) is 3.23. The van der Waals surface area contributed by atoms with E-state index in [4.69, 9.17) is 22.4 Å². The molecule has 0 saturated carbocycles. The minimum atomic E-state index is -0.995. The lowest BCUT2D eigenvalue weighted by molar-refractivity contribution is -0.917. The Kier molecular flexibility index (Phi) is 1.88. The van der Waals surface area contributed by atoms with E-state index in [1.165, 1.54) is 0 Å². The van der Waals surface area contributed by atoms with Gasteiger partial charge in [-0.2, -0.15) is 4.73 Å². The molecule has 76 valence electrons. The number of hydrogen-bond acceptors (Lipinski definition) is 7. The second-order valence-corrected chi connectivity index (χ2v) is 2.34. The summed E-state index contributed by atoms with van der Waals surface area (Å²) >= 11 is 0. The topological polar surface area (TPSA) is 172 Å². The number of hydrogen-bond donors (Lipinski definition) is 4. The van der Waals surface area contributed by atoms with Crippen LogP contribution in [0.15, 0.2) is 0 Å². The van der Waals surface area contributed by atoms with E-state index in [-0.39, 0.29) is 9.46 Å². The zero-order valence-electron chi connectivity index (χ0n) is 6.75. The molecule has 1 aromatic heterocycles. The molecule has 1 heterocycles. The predicted molar refractivity (Wildman–Crippen MR) is 42.7 cm³/mol. The van der Waals surface area contributed by atoms with Gasteiger partial charge in [0.1, 0.15) is 0 Å². The predicted octanol–water partition coefficient (Wildman–Crippen LogP) is -2.50. The Morgan fingerprint density at radius 2 is 1.79 bits per heavy atom. The fourth-order valence-electron chi connectivity index (χ4n) is 0.848. The third-order valence-corrected chi connectivity index (χ3v) is 1.54. The maximum Gasteiger partial charge on any atom is 0.488 e. The molecule has 1 aromatic rings.